The molecule has 0 aromatic heterocycles. The van der Waals surface area contributed by atoms with Gasteiger partial charge < -0.3 is 4.74 Å². The molecular weight excluding hydrogens is 202 g/mol. The van der Waals surface area contributed by atoms with E-state index in [1.54, 1.807) is 0 Å². The second kappa shape index (κ2) is 5.67. The predicted octanol–water partition coefficient (Wildman–Crippen LogP) is 2.50. The van der Waals surface area contributed by atoms with E-state index in [4.69, 9.17) is 4.74 Å². The van der Waals surface area contributed by atoms with Crippen molar-refractivity contribution in [2.24, 2.45) is 5.92 Å². The van der Waals surface area contributed by atoms with Crippen LogP contribution in [-0.2, 0) is 9.53 Å². The van der Waals surface area contributed by atoms with Crippen LogP contribution in [0.3, 0.4) is 0 Å². The molecule has 3 nitrogen and oxygen atoms in total. The van der Waals surface area contributed by atoms with Crippen molar-refractivity contribution in [2.45, 2.75) is 65.0 Å². The Labute approximate surface area is 98.9 Å². The first-order valence-electron chi connectivity index (χ1n) is 6.45. The van der Waals surface area contributed by atoms with Gasteiger partial charge in [0.1, 0.15) is 5.54 Å². The fourth-order valence-electron chi connectivity index (χ4n) is 2.48. The van der Waals surface area contributed by atoms with Gasteiger partial charge in [-0.25, -0.2) is 0 Å². The molecule has 0 heterocycles. The molecule has 3 heteroatoms. The van der Waals surface area contributed by atoms with E-state index in [-0.39, 0.29) is 5.97 Å². The zero-order valence-corrected chi connectivity index (χ0v) is 11.0. The van der Waals surface area contributed by atoms with Gasteiger partial charge in [-0.15, -0.1) is 0 Å². The third-order valence-electron chi connectivity index (χ3n) is 3.36. The summed E-state index contributed by atoms with van der Waals surface area (Å²) in [5, 5.41) is 3.43. The van der Waals surface area contributed by atoms with Gasteiger partial charge in [0.05, 0.1) is 6.61 Å². The van der Waals surface area contributed by atoms with Crippen molar-refractivity contribution in [1.29, 1.82) is 0 Å². The minimum Gasteiger partial charge on any atom is -0.465 e. The van der Waals surface area contributed by atoms with Gasteiger partial charge in [-0.05, 0) is 52.4 Å². The number of hydrogen-bond donors (Lipinski definition) is 1. The van der Waals surface area contributed by atoms with Gasteiger partial charge in [-0.3, -0.25) is 10.1 Å². The predicted molar refractivity (Wildman–Crippen MR) is 65.3 cm³/mol. The molecule has 0 aromatic rings. The van der Waals surface area contributed by atoms with E-state index in [9.17, 15) is 4.79 Å². The number of esters is 1. The smallest absolute Gasteiger partial charge is 0.326 e. The Morgan fingerprint density at radius 1 is 1.44 bits per heavy atom. The molecule has 1 rings (SSSR count). The van der Waals surface area contributed by atoms with Crippen LogP contribution in [0.1, 0.15) is 53.4 Å². The molecule has 94 valence electrons. The number of nitrogens with one attached hydrogen (secondary N) is 1. The number of carbonyl (C=O) groups excluding carboxylic acids is 1. The Hall–Kier alpha value is -0.570. The molecule has 0 aliphatic heterocycles. The summed E-state index contributed by atoms with van der Waals surface area (Å²) in [6, 6.07) is 0.317. The van der Waals surface area contributed by atoms with E-state index < -0.39 is 5.54 Å². The monoisotopic (exact) mass is 227 g/mol. The molecule has 0 aromatic carbocycles. The minimum atomic E-state index is -0.420. The summed E-state index contributed by atoms with van der Waals surface area (Å²) >= 11 is 0. The molecule has 1 saturated carbocycles. The lowest BCUT2D eigenvalue weighted by Gasteiger charge is -2.39. The molecule has 0 unspecified atom stereocenters. The van der Waals surface area contributed by atoms with E-state index in [0.29, 0.717) is 12.6 Å². The number of carbonyl (C=O) groups is 1. The van der Waals surface area contributed by atoms with Crippen LogP contribution in [-0.4, -0.2) is 24.2 Å². The average molecular weight is 227 g/mol. The molecule has 1 fully saturated rings. The van der Waals surface area contributed by atoms with Gasteiger partial charge in [0.15, 0.2) is 0 Å². The Bertz CT molecular complexity index is 230. The molecule has 16 heavy (non-hydrogen) atoms. The SMILES string of the molecule is CCOC(=O)C1(NC(C)C)CCC(C)CC1. The van der Waals surface area contributed by atoms with E-state index in [0.717, 1.165) is 31.6 Å². The maximum atomic E-state index is 12.1. The first-order valence-corrected chi connectivity index (χ1v) is 6.45. The standard InChI is InChI=1S/C13H25NO2/c1-5-16-12(15)13(14-10(2)3)8-6-11(4)7-9-13/h10-11,14H,5-9H2,1-4H3. The highest BCUT2D eigenvalue weighted by atomic mass is 16.5. The second-order valence-corrected chi connectivity index (χ2v) is 5.28. The van der Waals surface area contributed by atoms with Gasteiger partial charge in [-0.1, -0.05) is 6.92 Å². The molecule has 0 spiro atoms. The van der Waals surface area contributed by atoms with Crippen LogP contribution in [0.4, 0.5) is 0 Å². The summed E-state index contributed by atoms with van der Waals surface area (Å²) in [6.45, 7) is 8.75. The van der Waals surface area contributed by atoms with Gasteiger partial charge in [0.25, 0.3) is 0 Å². The molecule has 0 radical (unpaired) electrons. The third-order valence-corrected chi connectivity index (χ3v) is 3.36. The van der Waals surface area contributed by atoms with E-state index >= 15 is 0 Å². The average Bonchev–Trinajstić information content (AvgIpc) is 2.21. The van der Waals surface area contributed by atoms with Crippen LogP contribution in [0.25, 0.3) is 0 Å². The molecule has 0 saturated heterocycles. The maximum absolute atomic E-state index is 12.1. The van der Waals surface area contributed by atoms with Gasteiger partial charge in [0, 0.05) is 6.04 Å². The van der Waals surface area contributed by atoms with E-state index in [2.05, 4.69) is 26.1 Å². The molecule has 0 bridgehead atoms. The fourth-order valence-corrected chi connectivity index (χ4v) is 2.48. The zero-order valence-electron chi connectivity index (χ0n) is 11.0. The van der Waals surface area contributed by atoms with Crippen LogP contribution < -0.4 is 5.32 Å². The fraction of sp³-hybridized carbons (Fsp3) is 0.923. The summed E-state index contributed by atoms with van der Waals surface area (Å²) in [4.78, 5) is 12.1. The quantitative estimate of drug-likeness (QED) is 0.750. The van der Waals surface area contributed by atoms with Gasteiger partial charge in [0.2, 0.25) is 0 Å². The van der Waals surface area contributed by atoms with Crippen LogP contribution in [0.5, 0.6) is 0 Å². The topological polar surface area (TPSA) is 38.3 Å². The van der Waals surface area contributed by atoms with Crippen LogP contribution >= 0.6 is 0 Å². The lowest BCUT2D eigenvalue weighted by molar-refractivity contribution is -0.153. The number of hydrogen-bond acceptors (Lipinski definition) is 3. The summed E-state index contributed by atoms with van der Waals surface area (Å²) in [5.74, 6) is 0.673. The highest BCUT2D eigenvalue weighted by Gasteiger charge is 2.42. The second-order valence-electron chi connectivity index (χ2n) is 5.28. The van der Waals surface area contributed by atoms with E-state index in [1.807, 2.05) is 6.92 Å². The largest absolute Gasteiger partial charge is 0.465 e. The summed E-state index contributed by atoms with van der Waals surface area (Å²) in [7, 11) is 0. The molecule has 0 amide bonds. The lowest BCUT2D eigenvalue weighted by Crippen LogP contribution is -2.57. The van der Waals surface area contributed by atoms with Crippen molar-refractivity contribution >= 4 is 5.97 Å². The highest BCUT2D eigenvalue weighted by molar-refractivity contribution is 5.81. The Balaban J connectivity index is 2.72. The molecule has 1 aliphatic carbocycles. The van der Waals surface area contributed by atoms with Crippen molar-refractivity contribution in [3.05, 3.63) is 0 Å². The van der Waals surface area contributed by atoms with Crippen LogP contribution in [0.15, 0.2) is 0 Å². The lowest BCUT2D eigenvalue weighted by atomic mass is 9.76. The Morgan fingerprint density at radius 2 is 2.00 bits per heavy atom. The molecule has 1 aliphatic rings. The molecule has 0 atom stereocenters. The summed E-state index contributed by atoms with van der Waals surface area (Å²) in [5.41, 5.74) is -0.420. The number of rotatable bonds is 4. The van der Waals surface area contributed by atoms with Crippen molar-refractivity contribution in [2.75, 3.05) is 6.61 Å². The summed E-state index contributed by atoms with van der Waals surface area (Å²) < 4.78 is 5.22. The van der Waals surface area contributed by atoms with Crippen molar-refractivity contribution in [3.8, 4) is 0 Å². The van der Waals surface area contributed by atoms with Crippen molar-refractivity contribution < 1.29 is 9.53 Å². The maximum Gasteiger partial charge on any atom is 0.326 e. The minimum absolute atomic E-state index is 0.0596. The Kier molecular flexibility index (Phi) is 4.78. The Morgan fingerprint density at radius 3 is 2.44 bits per heavy atom. The van der Waals surface area contributed by atoms with Crippen LogP contribution in [0, 0.1) is 5.92 Å². The first kappa shape index (κ1) is 13.5. The normalized spacial score (nSPS) is 30.4. The summed E-state index contributed by atoms with van der Waals surface area (Å²) in [6.07, 6.45) is 4.04. The van der Waals surface area contributed by atoms with Gasteiger partial charge >= 0.3 is 5.97 Å². The molecular formula is C13H25NO2. The van der Waals surface area contributed by atoms with E-state index in [1.165, 1.54) is 0 Å². The molecule has 1 N–H and O–H groups in total. The third kappa shape index (κ3) is 3.21. The zero-order chi connectivity index (χ0) is 12.2. The van der Waals surface area contributed by atoms with Crippen LogP contribution in [0.2, 0.25) is 0 Å². The first-order chi connectivity index (χ1) is 7.50. The number of ether oxygens (including phenoxy) is 1. The van der Waals surface area contributed by atoms with Crippen molar-refractivity contribution in [3.63, 3.8) is 0 Å². The van der Waals surface area contributed by atoms with Crippen molar-refractivity contribution in [1.82, 2.24) is 5.32 Å². The van der Waals surface area contributed by atoms with Gasteiger partial charge in [-0.2, -0.15) is 0 Å². The highest BCUT2D eigenvalue weighted by Crippen LogP contribution is 2.33.